The van der Waals surface area contributed by atoms with Gasteiger partial charge in [-0.2, -0.15) is 0 Å². The zero-order chi connectivity index (χ0) is 11.4. The molecule has 0 heterocycles. The Morgan fingerprint density at radius 2 is 2.00 bits per heavy atom. The first-order chi connectivity index (χ1) is 7.07. The van der Waals surface area contributed by atoms with Crippen molar-refractivity contribution in [1.82, 2.24) is 0 Å². The molecule has 0 bridgehead atoms. The summed E-state index contributed by atoms with van der Waals surface area (Å²) in [6.07, 6.45) is -1.93. The lowest BCUT2D eigenvalue weighted by Crippen LogP contribution is -2.18. The minimum atomic E-state index is -1.17. The van der Waals surface area contributed by atoms with Crippen LogP contribution in [-0.2, 0) is 0 Å². The molecule has 15 heavy (non-hydrogen) atoms. The number of nitrogen functional groups attached to an aromatic ring is 1. The smallest absolute Gasteiger partial charge is 0.144 e. The van der Waals surface area contributed by atoms with Crippen LogP contribution in [0.5, 0.6) is 5.75 Å². The molecule has 0 radical (unpaired) electrons. The average molecular weight is 232 g/mol. The van der Waals surface area contributed by atoms with Crippen molar-refractivity contribution in [2.45, 2.75) is 18.6 Å². The Morgan fingerprint density at radius 3 is 2.60 bits per heavy atom. The summed E-state index contributed by atoms with van der Waals surface area (Å²) < 4.78 is 0. The lowest BCUT2D eigenvalue weighted by atomic mass is 10.0. The Hall–Kier alpha value is -0.970. The van der Waals surface area contributed by atoms with Crippen LogP contribution in [0.4, 0.5) is 5.69 Å². The normalized spacial score (nSPS) is 14.9. The minimum Gasteiger partial charge on any atom is -0.505 e. The van der Waals surface area contributed by atoms with E-state index >= 15 is 0 Å². The van der Waals surface area contributed by atoms with Crippen LogP contribution < -0.4 is 5.73 Å². The zero-order valence-corrected chi connectivity index (χ0v) is 8.85. The number of benzene rings is 1. The van der Waals surface area contributed by atoms with Crippen molar-refractivity contribution < 1.29 is 15.3 Å². The van der Waals surface area contributed by atoms with Crippen LogP contribution in [0.25, 0.3) is 0 Å². The number of phenols is 1. The average Bonchev–Trinajstić information content (AvgIpc) is 2.21. The second kappa shape index (κ2) is 5.21. The number of aliphatic hydroxyl groups is 2. The predicted octanol–water partition coefficient (Wildman–Crippen LogP) is 0.998. The highest BCUT2D eigenvalue weighted by atomic mass is 35.5. The maximum atomic E-state index is 9.70. The maximum Gasteiger partial charge on any atom is 0.144 e. The molecule has 5 heteroatoms. The van der Waals surface area contributed by atoms with Gasteiger partial charge in [-0.1, -0.05) is 12.1 Å². The SMILES string of the molecule is Nc1cccc(C(O)C(O)CCCl)c1O. The Bertz CT molecular complexity index is 332. The monoisotopic (exact) mass is 231 g/mol. The Balaban J connectivity index is 2.90. The summed E-state index contributed by atoms with van der Waals surface area (Å²) in [7, 11) is 0. The van der Waals surface area contributed by atoms with Gasteiger partial charge in [-0.05, 0) is 12.5 Å². The van der Waals surface area contributed by atoms with E-state index in [1.54, 1.807) is 6.07 Å². The van der Waals surface area contributed by atoms with Crippen molar-refractivity contribution in [1.29, 1.82) is 0 Å². The number of hydrogen-bond donors (Lipinski definition) is 4. The van der Waals surface area contributed by atoms with Crippen molar-refractivity contribution >= 4 is 17.3 Å². The van der Waals surface area contributed by atoms with Crippen molar-refractivity contribution in [3.8, 4) is 5.75 Å². The molecule has 0 fully saturated rings. The summed E-state index contributed by atoms with van der Waals surface area (Å²) in [5, 5.41) is 28.8. The number of anilines is 1. The first kappa shape index (κ1) is 12.1. The third-order valence-corrected chi connectivity index (χ3v) is 2.40. The molecule has 0 spiro atoms. The molecule has 0 aliphatic rings. The van der Waals surface area contributed by atoms with E-state index in [4.69, 9.17) is 17.3 Å². The van der Waals surface area contributed by atoms with Crippen LogP contribution in [-0.4, -0.2) is 27.3 Å². The van der Waals surface area contributed by atoms with Gasteiger partial charge in [0.1, 0.15) is 11.9 Å². The molecule has 1 rings (SSSR count). The van der Waals surface area contributed by atoms with E-state index in [1.165, 1.54) is 12.1 Å². The predicted molar refractivity (Wildman–Crippen MR) is 58.8 cm³/mol. The highest BCUT2D eigenvalue weighted by Crippen LogP contribution is 2.31. The molecule has 5 N–H and O–H groups in total. The second-order valence-electron chi connectivity index (χ2n) is 3.27. The first-order valence-corrected chi connectivity index (χ1v) is 5.10. The fourth-order valence-corrected chi connectivity index (χ4v) is 1.52. The van der Waals surface area contributed by atoms with Crippen LogP contribution in [0.2, 0.25) is 0 Å². The highest BCUT2D eigenvalue weighted by Gasteiger charge is 2.21. The van der Waals surface area contributed by atoms with E-state index < -0.39 is 12.2 Å². The largest absolute Gasteiger partial charge is 0.505 e. The van der Waals surface area contributed by atoms with E-state index in [1.807, 2.05) is 0 Å². The van der Waals surface area contributed by atoms with Crippen molar-refractivity contribution in [3.63, 3.8) is 0 Å². The van der Waals surface area contributed by atoms with Crippen LogP contribution in [0.15, 0.2) is 18.2 Å². The fourth-order valence-electron chi connectivity index (χ4n) is 1.30. The molecule has 4 nitrogen and oxygen atoms in total. The lowest BCUT2D eigenvalue weighted by molar-refractivity contribution is 0.0157. The van der Waals surface area contributed by atoms with E-state index in [-0.39, 0.29) is 29.3 Å². The zero-order valence-electron chi connectivity index (χ0n) is 8.10. The fraction of sp³-hybridized carbons (Fsp3) is 0.400. The molecule has 2 atom stereocenters. The Morgan fingerprint density at radius 1 is 1.33 bits per heavy atom. The Labute approximate surface area is 92.9 Å². The number of alkyl halides is 1. The number of rotatable bonds is 4. The van der Waals surface area contributed by atoms with Crippen LogP contribution in [0.3, 0.4) is 0 Å². The van der Waals surface area contributed by atoms with E-state index in [0.717, 1.165) is 0 Å². The standard InChI is InChI=1S/C10H14ClNO3/c11-5-4-8(13)10(15)6-2-1-3-7(12)9(6)14/h1-3,8,10,13-15H,4-5,12H2. The summed E-state index contributed by atoms with van der Waals surface area (Å²) >= 11 is 5.44. The summed E-state index contributed by atoms with van der Waals surface area (Å²) in [5.74, 6) is 0.0417. The maximum absolute atomic E-state index is 9.70. The highest BCUT2D eigenvalue weighted by molar-refractivity contribution is 6.17. The van der Waals surface area contributed by atoms with Crippen molar-refractivity contribution in [2.24, 2.45) is 0 Å². The van der Waals surface area contributed by atoms with E-state index in [9.17, 15) is 15.3 Å². The second-order valence-corrected chi connectivity index (χ2v) is 3.65. The van der Waals surface area contributed by atoms with Crippen molar-refractivity contribution in [2.75, 3.05) is 11.6 Å². The van der Waals surface area contributed by atoms with E-state index in [2.05, 4.69) is 0 Å². The summed E-state index contributed by atoms with van der Waals surface area (Å²) in [6.45, 7) is 0. The molecule has 0 aromatic heterocycles. The molecule has 1 aromatic rings. The number of para-hydroxylation sites is 1. The topological polar surface area (TPSA) is 86.7 Å². The van der Waals surface area contributed by atoms with Gasteiger partial charge in [0.05, 0.1) is 11.8 Å². The van der Waals surface area contributed by atoms with Crippen molar-refractivity contribution in [3.05, 3.63) is 23.8 Å². The van der Waals surface area contributed by atoms with Crippen LogP contribution >= 0.6 is 11.6 Å². The quantitative estimate of drug-likeness (QED) is 0.354. The van der Waals surface area contributed by atoms with Gasteiger partial charge in [-0.3, -0.25) is 0 Å². The molecule has 0 amide bonds. The van der Waals surface area contributed by atoms with Gasteiger partial charge < -0.3 is 21.1 Å². The van der Waals surface area contributed by atoms with Crippen LogP contribution in [0.1, 0.15) is 18.1 Å². The molecule has 0 saturated carbocycles. The molecule has 1 aromatic carbocycles. The van der Waals surface area contributed by atoms with Gasteiger partial charge in [0, 0.05) is 11.4 Å². The number of hydrogen-bond acceptors (Lipinski definition) is 4. The third-order valence-electron chi connectivity index (χ3n) is 2.19. The van der Waals surface area contributed by atoms with Gasteiger partial charge in [0.25, 0.3) is 0 Å². The summed E-state index contributed by atoms with van der Waals surface area (Å²) in [5.41, 5.74) is 5.85. The third kappa shape index (κ3) is 2.75. The number of aromatic hydroxyl groups is 1. The van der Waals surface area contributed by atoms with Gasteiger partial charge >= 0.3 is 0 Å². The molecule has 84 valence electrons. The lowest BCUT2D eigenvalue weighted by Gasteiger charge is -2.18. The van der Waals surface area contributed by atoms with Crippen LogP contribution in [0, 0.1) is 0 Å². The molecule has 0 aliphatic heterocycles. The van der Waals surface area contributed by atoms with Gasteiger partial charge in [-0.15, -0.1) is 11.6 Å². The summed E-state index contributed by atoms with van der Waals surface area (Å²) in [6, 6.07) is 4.62. The molecule has 2 unspecified atom stereocenters. The summed E-state index contributed by atoms with van der Waals surface area (Å²) in [4.78, 5) is 0. The molecule has 0 aliphatic carbocycles. The molecule has 0 saturated heterocycles. The van der Waals surface area contributed by atoms with Gasteiger partial charge in [0.15, 0.2) is 0 Å². The Kier molecular flexibility index (Phi) is 4.20. The number of phenolic OH excluding ortho intramolecular Hbond substituents is 1. The van der Waals surface area contributed by atoms with Gasteiger partial charge in [-0.25, -0.2) is 0 Å². The molecular weight excluding hydrogens is 218 g/mol. The first-order valence-electron chi connectivity index (χ1n) is 4.57. The van der Waals surface area contributed by atoms with Gasteiger partial charge in [0.2, 0.25) is 0 Å². The number of nitrogens with two attached hydrogens (primary N) is 1. The minimum absolute atomic E-state index is 0.171. The number of halogens is 1. The number of aliphatic hydroxyl groups excluding tert-OH is 2. The van der Waals surface area contributed by atoms with E-state index in [0.29, 0.717) is 0 Å². The molecular formula is C10H14ClNO3.